The molecule has 0 radical (unpaired) electrons. The van der Waals surface area contributed by atoms with Crippen LogP contribution in [0, 0.1) is 17.7 Å². The molecule has 1 fully saturated rings. The highest BCUT2D eigenvalue weighted by Gasteiger charge is 2.39. The van der Waals surface area contributed by atoms with Gasteiger partial charge < -0.3 is 14.6 Å². The summed E-state index contributed by atoms with van der Waals surface area (Å²) >= 11 is 0. The second-order valence-corrected chi connectivity index (χ2v) is 9.47. The van der Waals surface area contributed by atoms with E-state index in [1.807, 2.05) is 36.4 Å². The van der Waals surface area contributed by atoms with Crippen LogP contribution in [0.4, 0.5) is 4.39 Å². The summed E-state index contributed by atoms with van der Waals surface area (Å²) in [6.45, 7) is 1.76. The highest BCUT2D eigenvalue weighted by molar-refractivity contribution is 5.92. The largest absolute Gasteiger partial charge is 0.497 e. The van der Waals surface area contributed by atoms with Gasteiger partial charge in [-0.05, 0) is 71.2 Å². The second kappa shape index (κ2) is 9.17. The van der Waals surface area contributed by atoms with E-state index in [9.17, 15) is 19.1 Å². The maximum atomic E-state index is 14.4. The summed E-state index contributed by atoms with van der Waals surface area (Å²) in [4.78, 5) is 24.5. The molecular formula is C29H27FO5. The number of aliphatic carboxylic acids is 1. The zero-order valence-electron chi connectivity index (χ0n) is 19.7. The van der Waals surface area contributed by atoms with Crippen molar-refractivity contribution in [2.45, 2.75) is 38.2 Å². The molecule has 1 heterocycles. The predicted molar refractivity (Wildman–Crippen MR) is 129 cm³/mol. The lowest BCUT2D eigenvalue weighted by Gasteiger charge is -2.27. The molecule has 0 amide bonds. The van der Waals surface area contributed by atoms with Crippen LogP contribution >= 0.6 is 0 Å². The summed E-state index contributed by atoms with van der Waals surface area (Å²) in [5.74, 6) is -1.15. The number of fused-ring (bicyclic) bond motifs is 1. The Kier molecular flexibility index (Phi) is 6.05. The molecule has 180 valence electrons. The van der Waals surface area contributed by atoms with E-state index < -0.39 is 18.0 Å². The Hall–Kier alpha value is -3.67. The van der Waals surface area contributed by atoms with Gasteiger partial charge in [-0.15, -0.1) is 0 Å². The first kappa shape index (κ1) is 23.1. The number of carbonyl (C=O) groups excluding carboxylic acids is 1. The van der Waals surface area contributed by atoms with Crippen LogP contribution in [0.1, 0.15) is 58.8 Å². The van der Waals surface area contributed by atoms with E-state index in [4.69, 9.17) is 9.47 Å². The number of carboxylic acid groups (broad SMARTS) is 1. The van der Waals surface area contributed by atoms with Gasteiger partial charge in [-0.2, -0.15) is 0 Å². The standard InChI is InChI=1S/C29H27FO5/c1-16(28(31)32)27(19-7-8-19)20-9-11-23-21(13-20)14-26(35-29(23)33)18-5-3-17(4-6-18)24-15-22(34-2)10-12-25(24)30/h3-6,9-13,15-16,19,26-27H,7-8,14H2,1-2H3,(H,31,32)/t16-,26+,27?/m0/s1. The minimum Gasteiger partial charge on any atom is -0.497 e. The number of esters is 1. The molecule has 3 atom stereocenters. The van der Waals surface area contributed by atoms with Gasteiger partial charge in [0.05, 0.1) is 18.6 Å². The van der Waals surface area contributed by atoms with Gasteiger partial charge in [0.2, 0.25) is 0 Å². The molecule has 0 bridgehead atoms. The quantitative estimate of drug-likeness (QED) is 0.415. The molecule has 3 aromatic carbocycles. The average molecular weight is 475 g/mol. The Balaban J connectivity index is 1.41. The Morgan fingerprint density at radius 1 is 1.06 bits per heavy atom. The minimum absolute atomic E-state index is 0.0637. The van der Waals surface area contributed by atoms with E-state index >= 15 is 0 Å². The number of rotatable bonds is 7. The molecule has 1 unspecified atom stereocenters. The average Bonchev–Trinajstić information content (AvgIpc) is 3.69. The Labute approximate surface area is 203 Å². The molecule has 5 rings (SSSR count). The summed E-state index contributed by atoms with van der Waals surface area (Å²) < 4.78 is 25.3. The van der Waals surface area contributed by atoms with E-state index in [0.717, 1.165) is 29.5 Å². The Morgan fingerprint density at radius 2 is 1.80 bits per heavy atom. The van der Waals surface area contributed by atoms with Crippen LogP contribution in [-0.4, -0.2) is 24.2 Å². The lowest BCUT2D eigenvalue weighted by molar-refractivity contribution is -0.142. The molecular weight excluding hydrogens is 447 g/mol. The van der Waals surface area contributed by atoms with Crippen molar-refractivity contribution in [2.24, 2.45) is 11.8 Å². The number of halogens is 1. The van der Waals surface area contributed by atoms with Crippen molar-refractivity contribution in [3.05, 3.63) is 88.7 Å². The zero-order chi connectivity index (χ0) is 24.7. The minimum atomic E-state index is -0.801. The van der Waals surface area contributed by atoms with Crippen molar-refractivity contribution in [3.8, 4) is 16.9 Å². The molecule has 35 heavy (non-hydrogen) atoms. The topological polar surface area (TPSA) is 72.8 Å². The fraction of sp³-hybridized carbons (Fsp3) is 0.310. The molecule has 5 nitrogen and oxygen atoms in total. The normalized spacial score (nSPS) is 18.8. The third kappa shape index (κ3) is 4.53. The van der Waals surface area contributed by atoms with Crippen LogP contribution in [0.5, 0.6) is 5.75 Å². The van der Waals surface area contributed by atoms with Crippen molar-refractivity contribution >= 4 is 11.9 Å². The first-order valence-electron chi connectivity index (χ1n) is 11.9. The van der Waals surface area contributed by atoms with Crippen LogP contribution in [-0.2, 0) is 16.0 Å². The highest BCUT2D eigenvalue weighted by atomic mass is 19.1. The lowest BCUT2D eigenvalue weighted by atomic mass is 9.81. The number of benzene rings is 3. The summed E-state index contributed by atoms with van der Waals surface area (Å²) in [5, 5.41) is 9.61. The van der Waals surface area contributed by atoms with Crippen molar-refractivity contribution in [3.63, 3.8) is 0 Å². The maximum Gasteiger partial charge on any atom is 0.339 e. The van der Waals surface area contributed by atoms with Crippen LogP contribution in [0.3, 0.4) is 0 Å². The van der Waals surface area contributed by atoms with E-state index in [2.05, 4.69) is 0 Å². The third-order valence-corrected chi connectivity index (χ3v) is 7.21. The van der Waals surface area contributed by atoms with Crippen LogP contribution in [0.15, 0.2) is 60.7 Å². The molecule has 1 aliphatic heterocycles. The third-order valence-electron chi connectivity index (χ3n) is 7.21. The smallest absolute Gasteiger partial charge is 0.339 e. The van der Waals surface area contributed by atoms with Crippen molar-refractivity contribution < 1.29 is 28.6 Å². The van der Waals surface area contributed by atoms with E-state index in [0.29, 0.717) is 34.8 Å². The molecule has 1 N–H and O–H groups in total. The second-order valence-electron chi connectivity index (χ2n) is 9.47. The number of hydrogen-bond donors (Lipinski definition) is 1. The van der Waals surface area contributed by atoms with E-state index in [-0.39, 0.29) is 17.7 Å². The molecule has 6 heteroatoms. The summed E-state index contributed by atoms with van der Waals surface area (Å²) in [7, 11) is 1.54. The highest BCUT2D eigenvalue weighted by Crippen LogP contribution is 2.47. The molecule has 0 saturated heterocycles. The predicted octanol–water partition coefficient (Wildman–Crippen LogP) is 6.17. The summed E-state index contributed by atoms with van der Waals surface area (Å²) in [5.41, 5.74) is 4.32. The SMILES string of the molecule is COc1ccc(F)c(-c2ccc([C@H]3Cc4cc(C(C5CC5)[C@H](C)C(=O)O)ccc4C(=O)O3)cc2)c1. The molecule has 1 aliphatic carbocycles. The molecule has 3 aromatic rings. The zero-order valence-corrected chi connectivity index (χ0v) is 19.7. The van der Waals surface area contributed by atoms with Gasteiger partial charge in [0.25, 0.3) is 0 Å². The van der Waals surface area contributed by atoms with Crippen LogP contribution in [0.25, 0.3) is 11.1 Å². The van der Waals surface area contributed by atoms with Crippen molar-refractivity contribution in [1.29, 1.82) is 0 Å². The Bertz CT molecular complexity index is 1280. The number of cyclic esters (lactones) is 1. The molecule has 2 aliphatic rings. The monoisotopic (exact) mass is 474 g/mol. The number of carbonyl (C=O) groups is 2. The maximum absolute atomic E-state index is 14.4. The van der Waals surface area contributed by atoms with Gasteiger partial charge in [0.15, 0.2) is 0 Å². The van der Waals surface area contributed by atoms with Gasteiger partial charge in [-0.3, -0.25) is 4.79 Å². The molecule has 0 spiro atoms. The lowest BCUT2D eigenvalue weighted by Crippen LogP contribution is -2.24. The number of methoxy groups -OCH3 is 1. The molecule has 0 aromatic heterocycles. The first-order chi connectivity index (χ1) is 16.9. The first-order valence-corrected chi connectivity index (χ1v) is 11.9. The van der Waals surface area contributed by atoms with E-state index in [1.165, 1.54) is 13.2 Å². The van der Waals surface area contributed by atoms with Gasteiger partial charge >= 0.3 is 11.9 Å². The fourth-order valence-corrected chi connectivity index (χ4v) is 5.12. The summed E-state index contributed by atoms with van der Waals surface area (Å²) in [6.07, 6.45) is 2.10. The van der Waals surface area contributed by atoms with Crippen LogP contribution < -0.4 is 4.74 Å². The fourth-order valence-electron chi connectivity index (χ4n) is 5.12. The number of carboxylic acids is 1. The van der Waals surface area contributed by atoms with Crippen molar-refractivity contribution in [1.82, 2.24) is 0 Å². The Morgan fingerprint density at radius 3 is 2.46 bits per heavy atom. The van der Waals surface area contributed by atoms with Crippen molar-refractivity contribution in [2.75, 3.05) is 7.11 Å². The van der Waals surface area contributed by atoms with Gasteiger partial charge in [-0.25, -0.2) is 9.18 Å². The van der Waals surface area contributed by atoms with Crippen LogP contribution in [0.2, 0.25) is 0 Å². The van der Waals surface area contributed by atoms with Gasteiger partial charge in [-0.1, -0.05) is 43.3 Å². The molecule has 1 saturated carbocycles. The number of ether oxygens (including phenoxy) is 2. The van der Waals surface area contributed by atoms with Gasteiger partial charge in [0, 0.05) is 12.0 Å². The van der Waals surface area contributed by atoms with Gasteiger partial charge in [0.1, 0.15) is 17.7 Å². The summed E-state index contributed by atoms with van der Waals surface area (Å²) in [6, 6.07) is 17.5. The number of hydrogen-bond acceptors (Lipinski definition) is 4. The van der Waals surface area contributed by atoms with E-state index in [1.54, 1.807) is 25.1 Å².